The van der Waals surface area contributed by atoms with Gasteiger partial charge in [0, 0.05) is 24.2 Å². The molecule has 0 N–H and O–H groups in total. The van der Waals surface area contributed by atoms with Crippen molar-refractivity contribution in [2.45, 2.75) is 65.5 Å². The van der Waals surface area contributed by atoms with Crippen molar-refractivity contribution in [1.82, 2.24) is 0 Å². The predicted molar refractivity (Wildman–Crippen MR) is 107 cm³/mol. The lowest BCUT2D eigenvalue weighted by Crippen LogP contribution is -2.71. The topological polar surface area (TPSA) is 18.5 Å². The summed E-state index contributed by atoms with van der Waals surface area (Å²) in [6, 6.07) is 0. The highest BCUT2D eigenvalue weighted by molar-refractivity contribution is 8.00. The Labute approximate surface area is 129 Å². The summed E-state index contributed by atoms with van der Waals surface area (Å²) >= 11 is 0. The molecule has 114 valence electrons. The minimum Gasteiger partial charge on any atom is -0.443 e. The van der Waals surface area contributed by atoms with Crippen LogP contribution in [0.5, 0.6) is 0 Å². The lowest BCUT2D eigenvalue weighted by Gasteiger charge is -2.46. The Bertz CT molecular complexity index is 350. The zero-order valence-corrected chi connectivity index (χ0v) is 22.6. The maximum atomic E-state index is 7.00. The Morgan fingerprint density at radius 2 is 1.26 bits per heavy atom. The summed E-state index contributed by atoms with van der Waals surface area (Å²) in [6.45, 7) is 25.0. The fraction of sp³-hybridized carbons (Fsp3) is 1.00. The van der Waals surface area contributed by atoms with Crippen LogP contribution in [0.3, 0.4) is 0 Å². The summed E-state index contributed by atoms with van der Waals surface area (Å²) in [7, 11) is -6.07. The Kier molecular flexibility index (Phi) is 5.12. The van der Waals surface area contributed by atoms with Crippen molar-refractivity contribution in [2.75, 3.05) is 0 Å². The van der Waals surface area contributed by atoms with Gasteiger partial charge in [-0.3, -0.25) is 0 Å². The largest absolute Gasteiger partial charge is 0.443 e. The van der Waals surface area contributed by atoms with Crippen LogP contribution in [0.15, 0.2) is 0 Å². The van der Waals surface area contributed by atoms with Gasteiger partial charge in [0.05, 0.1) is 7.11 Å². The summed E-state index contributed by atoms with van der Waals surface area (Å²) in [5, 5.41) is 0. The minimum atomic E-state index is -1.89. The second-order valence-electron chi connectivity index (χ2n) is 8.96. The van der Waals surface area contributed by atoms with Crippen LogP contribution in [-0.4, -0.2) is 55.6 Å². The molecule has 1 unspecified atom stereocenters. The molecule has 0 amide bonds. The van der Waals surface area contributed by atoms with E-state index in [1.807, 2.05) is 0 Å². The van der Waals surface area contributed by atoms with E-state index in [2.05, 4.69) is 65.5 Å². The van der Waals surface area contributed by atoms with Crippen LogP contribution in [0.25, 0.3) is 0 Å². The van der Waals surface area contributed by atoms with E-state index in [0.717, 1.165) is 0 Å². The first-order valence-electron chi connectivity index (χ1n) is 7.52. The molecule has 0 bridgehead atoms. The van der Waals surface area contributed by atoms with Gasteiger partial charge in [-0.15, -0.1) is 0 Å². The maximum Gasteiger partial charge on any atom is 0.310 e. The molecule has 0 aromatic carbocycles. The zero-order chi connectivity index (χ0) is 15.3. The summed E-state index contributed by atoms with van der Waals surface area (Å²) < 4.78 is 13.5. The lowest BCUT2D eigenvalue weighted by atomic mass is 11.8. The number of rotatable bonds is 4. The second-order valence-corrected chi connectivity index (χ2v) is 69.9. The average molecular weight is 383 g/mol. The monoisotopic (exact) mass is 382 g/mol. The van der Waals surface area contributed by atoms with Gasteiger partial charge < -0.3 is 8.23 Å². The maximum absolute atomic E-state index is 7.00. The van der Waals surface area contributed by atoms with Crippen molar-refractivity contribution in [3.63, 3.8) is 0 Å². The molecular weight excluding hydrogens is 349 g/mol. The summed E-state index contributed by atoms with van der Waals surface area (Å²) in [5.41, 5.74) is 0. The third-order valence-electron chi connectivity index (χ3n) is 5.26. The summed E-state index contributed by atoms with van der Waals surface area (Å²) in [5.74, 6) is 0. The third kappa shape index (κ3) is 4.00. The molecule has 1 aliphatic heterocycles. The van der Waals surface area contributed by atoms with Crippen molar-refractivity contribution >= 4 is 55.6 Å². The Morgan fingerprint density at radius 3 is 1.58 bits per heavy atom. The van der Waals surface area contributed by atoms with E-state index < -0.39 is 38.4 Å². The first-order chi connectivity index (χ1) is 8.12. The molecule has 1 atom stereocenters. The quantitative estimate of drug-likeness (QED) is 0.692. The predicted octanol–water partition coefficient (Wildman–Crippen LogP) is 1.96. The standard InChI is InChI=1S/C10H34O2Si7/c1-15(2,3)11-16(4,5)12-19(10)14-13-17(6,7)18(19,8)9/h13-14H2,1-10H3. The Balaban J connectivity index is 2.93. The van der Waals surface area contributed by atoms with Crippen molar-refractivity contribution in [1.29, 1.82) is 0 Å². The number of hydrogen-bond donors (Lipinski definition) is 0. The molecule has 2 nitrogen and oxygen atoms in total. The van der Waals surface area contributed by atoms with Gasteiger partial charge in [0.15, 0.2) is 8.32 Å². The van der Waals surface area contributed by atoms with Crippen LogP contribution in [0, 0.1) is 0 Å². The Morgan fingerprint density at radius 1 is 0.789 bits per heavy atom. The first kappa shape index (κ1) is 18.5. The van der Waals surface area contributed by atoms with E-state index in [-0.39, 0.29) is 8.55 Å². The molecule has 0 saturated carbocycles. The molecule has 1 fully saturated rings. The van der Waals surface area contributed by atoms with Gasteiger partial charge in [-0.1, -0.05) is 32.7 Å². The van der Waals surface area contributed by atoms with Crippen molar-refractivity contribution in [2.24, 2.45) is 0 Å². The number of hydrogen-bond acceptors (Lipinski definition) is 2. The highest BCUT2D eigenvalue weighted by atomic mass is 30.2. The third-order valence-corrected chi connectivity index (χ3v) is 125. The van der Waals surface area contributed by atoms with E-state index in [0.29, 0.717) is 8.55 Å². The Hall–Kier alpha value is 1.44. The molecule has 1 rings (SSSR count). The van der Waals surface area contributed by atoms with Crippen LogP contribution >= 0.6 is 0 Å². The first-order valence-corrected chi connectivity index (χ1v) is 32.8. The fourth-order valence-corrected chi connectivity index (χ4v) is 211. The van der Waals surface area contributed by atoms with Crippen LogP contribution in [-0.2, 0) is 8.23 Å². The molecule has 0 radical (unpaired) electrons. The molecule has 0 aromatic heterocycles. The van der Waals surface area contributed by atoms with Crippen LogP contribution in [0.4, 0.5) is 0 Å². The highest BCUT2D eigenvalue weighted by Crippen LogP contribution is 2.36. The average Bonchev–Trinajstić information content (AvgIpc) is 2.21. The van der Waals surface area contributed by atoms with E-state index in [4.69, 9.17) is 8.23 Å². The summed E-state index contributed by atoms with van der Waals surface area (Å²) in [4.78, 5) is 0. The molecule has 0 aliphatic carbocycles. The molecule has 0 spiro atoms. The van der Waals surface area contributed by atoms with Crippen LogP contribution in [0.1, 0.15) is 0 Å². The van der Waals surface area contributed by atoms with Crippen molar-refractivity contribution in [3.05, 3.63) is 0 Å². The van der Waals surface area contributed by atoms with Gasteiger partial charge in [0.2, 0.25) is 0 Å². The van der Waals surface area contributed by atoms with Gasteiger partial charge in [-0.25, -0.2) is 0 Å². The van der Waals surface area contributed by atoms with Gasteiger partial charge in [0.25, 0.3) is 0 Å². The minimum absolute atomic E-state index is 0.169. The normalized spacial score (nSPS) is 33.2. The van der Waals surface area contributed by atoms with Crippen LogP contribution < -0.4 is 0 Å². The highest BCUT2D eigenvalue weighted by Gasteiger charge is 2.62. The molecular formula is C10H34O2Si7. The molecule has 1 heterocycles. The van der Waals surface area contributed by atoms with Gasteiger partial charge in [0.1, 0.15) is 7.35 Å². The zero-order valence-electron chi connectivity index (χ0n) is 14.7. The fourth-order valence-electron chi connectivity index (χ4n) is 3.37. The van der Waals surface area contributed by atoms with E-state index in [1.54, 1.807) is 0 Å². The molecule has 1 saturated heterocycles. The van der Waals surface area contributed by atoms with Gasteiger partial charge in [-0.05, 0) is 32.7 Å². The summed E-state index contributed by atoms with van der Waals surface area (Å²) in [6.07, 6.45) is 0. The van der Waals surface area contributed by atoms with E-state index in [1.165, 1.54) is 0 Å². The molecule has 9 heteroatoms. The smallest absolute Gasteiger partial charge is 0.310 e. The van der Waals surface area contributed by atoms with E-state index >= 15 is 0 Å². The second kappa shape index (κ2) is 5.26. The molecule has 19 heavy (non-hydrogen) atoms. The van der Waals surface area contributed by atoms with E-state index in [9.17, 15) is 0 Å². The van der Waals surface area contributed by atoms with Crippen LogP contribution in [0.2, 0.25) is 65.5 Å². The SMILES string of the molecule is C[Si](C)(C)O[Si](C)(C)O[Si]1(C)[SiH2][SiH2][Si](C)(C)[Si]1(C)C. The van der Waals surface area contributed by atoms with Gasteiger partial charge >= 0.3 is 8.56 Å². The molecule has 0 aromatic rings. The lowest BCUT2D eigenvalue weighted by molar-refractivity contribution is 0.405. The molecule has 1 aliphatic rings. The van der Waals surface area contributed by atoms with Crippen molar-refractivity contribution in [3.8, 4) is 0 Å². The van der Waals surface area contributed by atoms with Gasteiger partial charge in [-0.2, -0.15) is 0 Å². The van der Waals surface area contributed by atoms with Crippen molar-refractivity contribution < 1.29 is 8.23 Å².